The molecule has 1 atom stereocenters. The third-order valence-corrected chi connectivity index (χ3v) is 3.26. The van der Waals surface area contributed by atoms with E-state index in [1.165, 1.54) is 16.3 Å². The normalized spacial score (nSPS) is 13.1. The smallest absolute Gasteiger partial charge is 0.0478 e. The molecule has 18 heavy (non-hydrogen) atoms. The van der Waals surface area contributed by atoms with Crippen molar-refractivity contribution in [3.8, 4) is 0 Å². The number of rotatable bonds is 5. The molecule has 3 N–H and O–H groups in total. The fraction of sp³-hybridized carbons (Fsp3) is 0.333. The summed E-state index contributed by atoms with van der Waals surface area (Å²) in [5, 5.41) is 2.54. The van der Waals surface area contributed by atoms with Crippen LogP contribution in [0.5, 0.6) is 0 Å². The Morgan fingerprint density at radius 1 is 1.11 bits per heavy atom. The van der Waals surface area contributed by atoms with Crippen LogP contribution in [0.25, 0.3) is 10.8 Å². The Labute approximate surface area is 109 Å². The molecule has 0 radical (unpaired) electrons. The highest BCUT2D eigenvalue weighted by Crippen LogP contribution is 2.25. The first-order valence-electron chi connectivity index (χ1n) is 6.31. The minimum Gasteiger partial charge on any atom is -0.309 e. The Hall–Kier alpha value is -1.42. The van der Waals surface area contributed by atoms with Crippen LogP contribution >= 0.6 is 0 Å². The van der Waals surface area contributed by atoms with Crippen LogP contribution in [0, 0.1) is 0 Å². The summed E-state index contributed by atoms with van der Waals surface area (Å²) < 4.78 is 0. The maximum absolute atomic E-state index is 5.71. The highest BCUT2D eigenvalue weighted by atomic mass is 15.2. The van der Waals surface area contributed by atoms with Gasteiger partial charge in [0.15, 0.2) is 0 Å². The fourth-order valence-corrected chi connectivity index (χ4v) is 2.27. The average molecular weight is 243 g/mol. The molecule has 96 valence electrons. The third-order valence-electron chi connectivity index (χ3n) is 3.26. The molecular formula is C15H21N3. The zero-order chi connectivity index (χ0) is 13.0. The maximum atomic E-state index is 5.71. The highest BCUT2D eigenvalue weighted by Gasteiger charge is 2.12. The van der Waals surface area contributed by atoms with E-state index in [0.717, 1.165) is 13.0 Å². The zero-order valence-electron chi connectivity index (χ0n) is 11.1. The van der Waals surface area contributed by atoms with Gasteiger partial charge in [-0.15, -0.1) is 0 Å². The van der Waals surface area contributed by atoms with Crippen molar-refractivity contribution in [2.24, 2.45) is 5.84 Å². The number of benzene rings is 2. The van der Waals surface area contributed by atoms with Crippen molar-refractivity contribution >= 4 is 10.8 Å². The van der Waals surface area contributed by atoms with Crippen LogP contribution in [0.2, 0.25) is 0 Å². The van der Waals surface area contributed by atoms with Crippen molar-refractivity contribution in [3.63, 3.8) is 0 Å². The van der Waals surface area contributed by atoms with Crippen LogP contribution in [0.4, 0.5) is 0 Å². The van der Waals surface area contributed by atoms with Crippen LogP contribution in [0.1, 0.15) is 18.0 Å². The second kappa shape index (κ2) is 5.96. The van der Waals surface area contributed by atoms with Crippen molar-refractivity contribution in [3.05, 3.63) is 48.0 Å². The quantitative estimate of drug-likeness (QED) is 0.625. The van der Waals surface area contributed by atoms with Gasteiger partial charge in [0.25, 0.3) is 0 Å². The standard InChI is InChI=1S/C15H21N3/c1-18(2)11-10-15(17-16)14-9-5-7-12-6-3-4-8-13(12)14/h3-9,15,17H,10-11,16H2,1-2H3. The van der Waals surface area contributed by atoms with Crippen LogP contribution in [0.15, 0.2) is 42.5 Å². The van der Waals surface area contributed by atoms with E-state index in [-0.39, 0.29) is 6.04 Å². The second-order valence-electron chi connectivity index (χ2n) is 4.88. The first-order valence-corrected chi connectivity index (χ1v) is 6.31. The molecule has 0 fully saturated rings. The molecule has 2 aromatic carbocycles. The lowest BCUT2D eigenvalue weighted by Gasteiger charge is -2.20. The van der Waals surface area contributed by atoms with Crippen LogP contribution in [-0.4, -0.2) is 25.5 Å². The molecule has 1 unspecified atom stereocenters. The van der Waals surface area contributed by atoms with Crippen molar-refractivity contribution < 1.29 is 0 Å². The van der Waals surface area contributed by atoms with E-state index in [0.29, 0.717) is 0 Å². The summed E-state index contributed by atoms with van der Waals surface area (Å²) in [7, 11) is 4.16. The number of hydrogen-bond acceptors (Lipinski definition) is 3. The van der Waals surface area contributed by atoms with Gasteiger partial charge < -0.3 is 4.90 Å². The molecule has 0 aliphatic rings. The van der Waals surface area contributed by atoms with Gasteiger partial charge in [0, 0.05) is 6.04 Å². The van der Waals surface area contributed by atoms with Crippen LogP contribution < -0.4 is 11.3 Å². The summed E-state index contributed by atoms with van der Waals surface area (Å²) in [5.74, 6) is 5.71. The van der Waals surface area contributed by atoms with Gasteiger partial charge in [0.05, 0.1) is 0 Å². The Morgan fingerprint density at radius 3 is 2.56 bits per heavy atom. The predicted octanol–water partition coefficient (Wildman–Crippen LogP) is 2.30. The molecule has 0 heterocycles. The van der Waals surface area contributed by atoms with Crippen LogP contribution in [0.3, 0.4) is 0 Å². The van der Waals surface area contributed by atoms with Gasteiger partial charge in [-0.1, -0.05) is 42.5 Å². The highest BCUT2D eigenvalue weighted by molar-refractivity contribution is 5.86. The van der Waals surface area contributed by atoms with Crippen molar-refractivity contribution in [2.45, 2.75) is 12.5 Å². The van der Waals surface area contributed by atoms with Gasteiger partial charge in [0.2, 0.25) is 0 Å². The average Bonchev–Trinajstić information content (AvgIpc) is 2.39. The summed E-state index contributed by atoms with van der Waals surface area (Å²) in [6, 6.07) is 15.0. The molecule has 0 bridgehead atoms. The van der Waals surface area contributed by atoms with Gasteiger partial charge in [-0.3, -0.25) is 11.3 Å². The molecule has 3 nitrogen and oxygen atoms in total. The molecule has 0 aromatic heterocycles. The second-order valence-corrected chi connectivity index (χ2v) is 4.88. The molecule has 2 aromatic rings. The first kappa shape index (κ1) is 13.0. The minimum absolute atomic E-state index is 0.193. The minimum atomic E-state index is 0.193. The Kier molecular flexibility index (Phi) is 4.31. The van der Waals surface area contributed by atoms with Crippen LogP contribution in [-0.2, 0) is 0 Å². The zero-order valence-corrected chi connectivity index (χ0v) is 11.1. The summed E-state index contributed by atoms with van der Waals surface area (Å²) in [6.45, 7) is 1.01. The van der Waals surface area contributed by atoms with E-state index >= 15 is 0 Å². The monoisotopic (exact) mass is 243 g/mol. The van der Waals surface area contributed by atoms with E-state index in [2.05, 4.69) is 66.9 Å². The summed E-state index contributed by atoms with van der Waals surface area (Å²) in [5.41, 5.74) is 4.21. The van der Waals surface area contributed by atoms with Crippen molar-refractivity contribution in [1.82, 2.24) is 10.3 Å². The summed E-state index contributed by atoms with van der Waals surface area (Å²) >= 11 is 0. The number of nitrogens with two attached hydrogens (primary N) is 1. The van der Waals surface area contributed by atoms with Crippen molar-refractivity contribution in [1.29, 1.82) is 0 Å². The van der Waals surface area contributed by atoms with Gasteiger partial charge in [-0.05, 0) is 43.4 Å². The molecule has 0 saturated heterocycles. The number of nitrogens with zero attached hydrogens (tertiary/aromatic N) is 1. The third kappa shape index (κ3) is 2.88. The van der Waals surface area contributed by atoms with E-state index in [4.69, 9.17) is 5.84 Å². The van der Waals surface area contributed by atoms with Crippen molar-refractivity contribution in [2.75, 3.05) is 20.6 Å². The Balaban J connectivity index is 2.32. The Bertz CT molecular complexity index is 503. The lowest BCUT2D eigenvalue weighted by atomic mass is 9.97. The molecule has 0 saturated carbocycles. The lowest BCUT2D eigenvalue weighted by Crippen LogP contribution is -2.30. The SMILES string of the molecule is CN(C)CCC(NN)c1cccc2ccccc12. The van der Waals surface area contributed by atoms with E-state index in [9.17, 15) is 0 Å². The summed E-state index contributed by atoms with van der Waals surface area (Å²) in [6.07, 6.45) is 0.998. The largest absolute Gasteiger partial charge is 0.309 e. The van der Waals surface area contributed by atoms with Gasteiger partial charge in [-0.2, -0.15) is 0 Å². The molecule has 2 rings (SSSR count). The maximum Gasteiger partial charge on any atom is 0.0478 e. The number of hydrogen-bond donors (Lipinski definition) is 2. The number of hydrazine groups is 1. The fourth-order valence-electron chi connectivity index (χ4n) is 2.27. The summed E-state index contributed by atoms with van der Waals surface area (Å²) in [4.78, 5) is 2.18. The molecule has 0 aliphatic carbocycles. The molecule has 0 amide bonds. The lowest BCUT2D eigenvalue weighted by molar-refractivity contribution is 0.363. The van der Waals surface area contributed by atoms with Gasteiger partial charge in [-0.25, -0.2) is 0 Å². The predicted molar refractivity (Wildman–Crippen MR) is 77.2 cm³/mol. The van der Waals surface area contributed by atoms with E-state index in [1.807, 2.05) is 0 Å². The van der Waals surface area contributed by atoms with E-state index in [1.54, 1.807) is 0 Å². The first-order chi connectivity index (χ1) is 8.72. The number of nitrogens with one attached hydrogen (secondary N) is 1. The molecule has 3 heteroatoms. The number of fused-ring (bicyclic) bond motifs is 1. The Morgan fingerprint density at radius 2 is 1.83 bits per heavy atom. The molecule has 0 aliphatic heterocycles. The van der Waals surface area contributed by atoms with Gasteiger partial charge in [0.1, 0.15) is 0 Å². The van der Waals surface area contributed by atoms with E-state index < -0.39 is 0 Å². The van der Waals surface area contributed by atoms with Gasteiger partial charge >= 0.3 is 0 Å². The molecule has 0 spiro atoms. The molecular weight excluding hydrogens is 222 g/mol. The topological polar surface area (TPSA) is 41.3 Å².